The van der Waals surface area contributed by atoms with E-state index in [1.807, 2.05) is 12.1 Å². The number of anilines is 1. The summed E-state index contributed by atoms with van der Waals surface area (Å²) < 4.78 is 0. The Morgan fingerprint density at radius 3 is 2.58 bits per heavy atom. The number of nitrogen functional groups attached to an aromatic ring is 1. The SMILES string of the molecule is CO/N=C(/c1ccsc1)C1CCN(C(=O)C2CCN(Cc3ccnc(N)c3)CC2)CC1. The molecule has 2 aromatic rings. The van der Waals surface area contributed by atoms with E-state index in [0.717, 1.165) is 69.7 Å². The lowest BCUT2D eigenvalue weighted by Crippen LogP contribution is -2.46. The summed E-state index contributed by atoms with van der Waals surface area (Å²) in [6.07, 6.45) is 5.47. The molecule has 2 saturated heterocycles. The van der Waals surface area contributed by atoms with Gasteiger partial charge in [0.15, 0.2) is 0 Å². The number of nitrogens with zero attached hydrogens (tertiary/aromatic N) is 4. The van der Waals surface area contributed by atoms with E-state index in [2.05, 4.69) is 36.8 Å². The number of hydrogen-bond acceptors (Lipinski definition) is 7. The van der Waals surface area contributed by atoms with Gasteiger partial charge in [-0.15, -0.1) is 0 Å². The topological polar surface area (TPSA) is 84.0 Å². The van der Waals surface area contributed by atoms with Gasteiger partial charge in [-0.2, -0.15) is 11.3 Å². The van der Waals surface area contributed by atoms with Gasteiger partial charge in [0.25, 0.3) is 0 Å². The van der Waals surface area contributed by atoms with Crippen molar-refractivity contribution < 1.29 is 9.63 Å². The summed E-state index contributed by atoms with van der Waals surface area (Å²) in [5, 5.41) is 8.48. The molecule has 31 heavy (non-hydrogen) atoms. The average molecular weight is 442 g/mol. The number of pyridine rings is 1. The van der Waals surface area contributed by atoms with Crippen LogP contribution in [-0.2, 0) is 16.2 Å². The van der Waals surface area contributed by atoms with Crippen LogP contribution in [0.2, 0.25) is 0 Å². The van der Waals surface area contributed by atoms with Crippen LogP contribution in [0.25, 0.3) is 0 Å². The first kappa shape index (κ1) is 21.8. The Morgan fingerprint density at radius 1 is 1.19 bits per heavy atom. The first-order valence-electron chi connectivity index (χ1n) is 11.0. The molecule has 4 heterocycles. The van der Waals surface area contributed by atoms with E-state index in [9.17, 15) is 4.79 Å². The van der Waals surface area contributed by atoms with Gasteiger partial charge in [-0.1, -0.05) is 5.16 Å². The zero-order chi connectivity index (χ0) is 21.6. The highest BCUT2D eigenvalue weighted by Crippen LogP contribution is 2.27. The van der Waals surface area contributed by atoms with Gasteiger partial charge >= 0.3 is 0 Å². The summed E-state index contributed by atoms with van der Waals surface area (Å²) in [6.45, 7) is 4.35. The van der Waals surface area contributed by atoms with Gasteiger partial charge in [-0.05, 0) is 73.3 Å². The summed E-state index contributed by atoms with van der Waals surface area (Å²) in [7, 11) is 1.60. The molecule has 7 nitrogen and oxygen atoms in total. The fourth-order valence-electron chi connectivity index (χ4n) is 4.69. The predicted octanol–water partition coefficient (Wildman–Crippen LogP) is 3.23. The van der Waals surface area contributed by atoms with Crippen molar-refractivity contribution in [2.75, 3.05) is 39.0 Å². The fourth-order valence-corrected chi connectivity index (χ4v) is 5.34. The van der Waals surface area contributed by atoms with Crippen molar-refractivity contribution in [1.82, 2.24) is 14.8 Å². The van der Waals surface area contributed by atoms with E-state index in [0.29, 0.717) is 17.6 Å². The van der Waals surface area contributed by atoms with Crippen molar-refractivity contribution in [3.63, 3.8) is 0 Å². The monoisotopic (exact) mass is 441 g/mol. The molecule has 0 saturated carbocycles. The van der Waals surface area contributed by atoms with E-state index >= 15 is 0 Å². The predicted molar refractivity (Wildman–Crippen MR) is 124 cm³/mol. The van der Waals surface area contributed by atoms with Crippen molar-refractivity contribution in [3.05, 3.63) is 46.3 Å². The quantitative estimate of drug-likeness (QED) is 0.550. The van der Waals surface area contributed by atoms with Crippen molar-refractivity contribution in [1.29, 1.82) is 0 Å². The molecule has 2 fully saturated rings. The molecule has 2 aromatic heterocycles. The maximum atomic E-state index is 13.1. The molecule has 0 aromatic carbocycles. The first-order valence-corrected chi connectivity index (χ1v) is 11.9. The van der Waals surface area contributed by atoms with Gasteiger partial charge in [0.1, 0.15) is 12.9 Å². The summed E-state index contributed by atoms with van der Waals surface area (Å²) in [6, 6.07) is 6.03. The number of piperidine rings is 2. The zero-order valence-corrected chi connectivity index (χ0v) is 18.9. The highest BCUT2D eigenvalue weighted by Gasteiger charge is 2.32. The van der Waals surface area contributed by atoms with Gasteiger partial charge in [-0.25, -0.2) is 4.98 Å². The number of carbonyl (C=O) groups excluding carboxylic acids is 1. The van der Waals surface area contributed by atoms with Crippen molar-refractivity contribution in [3.8, 4) is 0 Å². The number of rotatable bonds is 6. The molecule has 4 rings (SSSR count). The Balaban J connectivity index is 1.26. The van der Waals surface area contributed by atoms with Crippen LogP contribution in [0.3, 0.4) is 0 Å². The molecule has 0 spiro atoms. The molecule has 0 atom stereocenters. The highest BCUT2D eigenvalue weighted by molar-refractivity contribution is 7.08. The third kappa shape index (κ3) is 5.43. The molecule has 0 unspecified atom stereocenters. The summed E-state index contributed by atoms with van der Waals surface area (Å²) >= 11 is 1.67. The summed E-state index contributed by atoms with van der Waals surface area (Å²) in [5.74, 6) is 1.36. The van der Waals surface area contributed by atoms with E-state index in [1.165, 1.54) is 5.56 Å². The number of oxime groups is 1. The van der Waals surface area contributed by atoms with Gasteiger partial charge in [0.2, 0.25) is 5.91 Å². The Labute approximate surface area is 187 Å². The van der Waals surface area contributed by atoms with Crippen LogP contribution in [-0.4, -0.2) is 59.7 Å². The van der Waals surface area contributed by atoms with Crippen LogP contribution in [0.1, 0.15) is 36.8 Å². The molecular weight excluding hydrogens is 410 g/mol. The molecule has 8 heteroatoms. The number of thiophene rings is 1. The molecule has 0 aliphatic carbocycles. The van der Waals surface area contributed by atoms with E-state index in [-0.39, 0.29) is 5.92 Å². The second-order valence-corrected chi connectivity index (χ2v) is 9.19. The third-order valence-electron chi connectivity index (χ3n) is 6.39. The molecule has 166 valence electrons. The lowest BCUT2D eigenvalue weighted by molar-refractivity contribution is -0.138. The molecule has 1 amide bonds. The number of hydrogen-bond donors (Lipinski definition) is 1. The minimum absolute atomic E-state index is 0.138. The van der Waals surface area contributed by atoms with Crippen LogP contribution < -0.4 is 5.73 Å². The third-order valence-corrected chi connectivity index (χ3v) is 7.07. The second-order valence-electron chi connectivity index (χ2n) is 8.41. The minimum Gasteiger partial charge on any atom is -0.399 e. The molecule has 0 bridgehead atoms. The van der Waals surface area contributed by atoms with Gasteiger partial charge in [-0.3, -0.25) is 9.69 Å². The van der Waals surface area contributed by atoms with Gasteiger partial charge in [0.05, 0.1) is 5.71 Å². The molecular formula is C23H31N5O2S. The van der Waals surface area contributed by atoms with E-state index in [1.54, 1.807) is 24.6 Å². The lowest BCUT2D eigenvalue weighted by atomic mass is 9.87. The molecule has 2 aliphatic rings. The van der Waals surface area contributed by atoms with Crippen LogP contribution in [0.15, 0.2) is 40.3 Å². The summed E-state index contributed by atoms with van der Waals surface area (Å²) in [5.41, 5.74) is 9.12. The Kier molecular flexibility index (Phi) is 7.19. The average Bonchev–Trinajstić information content (AvgIpc) is 3.32. The van der Waals surface area contributed by atoms with E-state index < -0.39 is 0 Å². The smallest absolute Gasteiger partial charge is 0.225 e. The normalized spacial score (nSPS) is 19.5. The Bertz CT molecular complexity index is 885. The van der Waals surface area contributed by atoms with Gasteiger partial charge < -0.3 is 15.5 Å². The van der Waals surface area contributed by atoms with Gasteiger partial charge in [0, 0.05) is 43.2 Å². The number of aromatic nitrogens is 1. The van der Waals surface area contributed by atoms with E-state index in [4.69, 9.17) is 10.6 Å². The molecule has 2 N–H and O–H groups in total. The van der Waals surface area contributed by atoms with Crippen LogP contribution in [0.5, 0.6) is 0 Å². The largest absolute Gasteiger partial charge is 0.399 e. The number of nitrogens with two attached hydrogens (primary N) is 1. The van der Waals surface area contributed by atoms with Crippen molar-refractivity contribution >= 4 is 28.8 Å². The number of amides is 1. The van der Waals surface area contributed by atoms with Crippen LogP contribution in [0.4, 0.5) is 5.82 Å². The highest BCUT2D eigenvalue weighted by atomic mass is 32.1. The second kappa shape index (κ2) is 10.2. The maximum absolute atomic E-state index is 13.1. The molecule has 0 radical (unpaired) electrons. The van der Waals surface area contributed by atoms with Crippen LogP contribution in [0, 0.1) is 11.8 Å². The Morgan fingerprint density at radius 2 is 1.94 bits per heavy atom. The zero-order valence-electron chi connectivity index (χ0n) is 18.1. The van der Waals surface area contributed by atoms with Crippen LogP contribution >= 0.6 is 11.3 Å². The Hall–Kier alpha value is -2.45. The number of likely N-dealkylation sites (tertiary alicyclic amines) is 2. The number of carbonyl (C=O) groups is 1. The maximum Gasteiger partial charge on any atom is 0.225 e. The van der Waals surface area contributed by atoms with Crippen molar-refractivity contribution in [2.24, 2.45) is 17.0 Å². The lowest BCUT2D eigenvalue weighted by Gasteiger charge is -2.37. The van der Waals surface area contributed by atoms with Crippen molar-refractivity contribution in [2.45, 2.75) is 32.2 Å². The molecule has 2 aliphatic heterocycles. The fraction of sp³-hybridized carbons (Fsp3) is 0.522. The summed E-state index contributed by atoms with van der Waals surface area (Å²) in [4.78, 5) is 26.8. The first-order chi connectivity index (χ1) is 15.1. The minimum atomic E-state index is 0.138. The standard InChI is InChI=1S/C23H31N5O2S/c1-30-26-22(20-7-13-31-16-20)18-5-11-28(12-6-18)23(29)19-3-9-27(10-4-19)15-17-2-8-25-21(24)14-17/h2,7-8,13-14,16,18-19H,3-6,9-12,15H2,1H3,(H2,24,25)/b26-22+.